The van der Waals surface area contributed by atoms with Crippen LogP contribution in [0.15, 0.2) is 206 Å². The normalized spacial score (nSPS) is 11.2. The van der Waals surface area contributed by atoms with Crippen LogP contribution in [0.4, 0.5) is 0 Å². The van der Waals surface area contributed by atoms with E-state index in [1.54, 1.807) is 0 Å². The van der Waals surface area contributed by atoms with Crippen LogP contribution in [-0.2, 0) is 0 Å². The number of aryl methyl sites for hydroxylation is 1. The Labute approximate surface area is 331 Å². The minimum Gasteiger partial charge on any atom is -0.361 e. The van der Waals surface area contributed by atoms with E-state index in [1.165, 1.54) is 32.9 Å². The molecule has 0 saturated carbocycles. The molecule has 3 aromatic heterocycles. The Morgan fingerprint density at radius 3 is 1.68 bits per heavy atom. The van der Waals surface area contributed by atoms with Gasteiger partial charge in [-0.05, 0) is 89.3 Å². The van der Waals surface area contributed by atoms with Gasteiger partial charge in [0.1, 0.15) is 0 Å². The van der Waals surface area contributed by atoms with Gasteiger partial charge in [-0.25, -0.2) is 9.97 Å². The van der Waals surface area contributed by atoms with Gasteiger partial charge in [0.2, 0.25) is 0 Å². The zero-order valence-electron chi connectivity index (χ0n) is 31.5. The summed E-state index contributed by atoms with van der Waals surface area (Å²) in [7, 11) is 0. The molecule has 0 atom stereocenters. The zero-order valence-corrected chi connectivity index (χ0v) is 31.5. The van der Waals surface area contributed by atoms with Gasteiger partial charge < -0.3 is 9.55 Å². The molecule has 0 aliphatic carbocycles. The smallest absolute Gasteiger partial charge is 0.160 e. The molecule has 57 heavy (non-hydrogen) atoms. The van der Waals surface area contributed by atoms with Gasteiger partial charge in [-0.2, -0.15) is 0 Å². The van der Waals surface area contributed by atoms with Crippen LogP contribution in [-0.4, -0.2) is 19.5 Å². The van der Waals surface area contributed by atoms with Gasteiger partial charge in [-0.15, -0.1) is 0 Å². The summed E-state index contributed by atoms with van der Waals surface area (Å²) < 4.78 is 2.38. The van der Waals surface area contributed by atoms with Crippen molar-refractivity contribution in [3.05, 3.63) is 212 Å². The number of aromatic nitrogens is 4. The summed E-state index contributed by atoms with van der Waals surface area (Å²) in [6, 6.07) is 70.6. The van der Waals surface area contributed by atoms with Crippen LogP contribution in [0.3, 0.4) is 0 Å². The van der Waals surface area contributed by atoms with E-state index in [-0.39, 0.29) is 0 Å². The third kappa shape index (κ3) is 6.33. The number of H-pyrrole nitrogens is 1. The van der Waals surface area contributed by atoms with Crippen molar-refractivity contribution < 1.29 is 0 Å². The number of para-hydroxylation sites is 1. The monoisotopic (exact) mass is 730 g/mol. The highest BCUT2D eigenvalue weighted by molar-refractivity contribution is 6.12. The van der Waals surface area contributed by atoms with Crippen molar-refractivity contribution in [3.8, 4) is 61.8 Å². The number of fused-ring (bicyclic) bond motifs is 4. The quantitative estimate of drug-likeness (QED) is 0.185. The molecule has 4 heteroatoms. The summed E-state index contributed by atoms with van der Waals surface area (Å²) in [6.07, 6.45) is 2.00. The van der Waals surface area contributed by atoms with Crippen LogP contribution >= 0.6 is 0 Å². The van der Waals surface area contributed by atoms with Crippen LogP contribution < -0.4 is 0 Å². The Balaban J connectivity index is 1.23. The molecule has 0 fully saturated rings. The van der Waals surface area contributed by atoms with E-state index in [9.17, 15) is 0 Å². The molecule has 0 unspecified atom stereocenters. The fourth-order valence-electron chi connectivity index (χ4n) is 8.12. The van der Waals surface area contributed by atoms with Crippen molar-refractivity contribution >= 4 is 32.7 Å². The van der Waals surface area contributed by atoms with Crippen LogP contribution in [0.25, 0.3) is 94.6 Å². The summed E-state index contributed by atoms with van der Waals surface area (Å²) in [5.41, 5.74) is 15.1. The lowest BCUT2D eigenvalue weighted by atomic mass is 9.94. The van der Waals surface area contributed by atoms with Gasteiger partial charge in [0.25, 0.3) is 0 Å². The molecule has 10 rings (SSSR count). The first-order chi connectivity index (χ1) is 28.2. The van der Waals surface area contributed by atoms with Crippen molar-refractivity contribution in [2.24, 2.45) is 0 Å². The van der Waals surface area contributed by atoms with E-state index < -0.39 is 0 Å². The zero-order chi connectivity index (χ0) is 38.1. The molecule has 0 aliphatic rings. The third-order valence-corrected chi connectivity index (χ3v) is 10.9. The number of aromatic amines is 1. The maximum Gasteiger partial charge on any atom is 0.160 e. The molecule has 1 N–H and O–H groups in total. The number of nitrogens with zero attached hydrogens (tertiary/aromatic N) is 3. The molecule has 0 aliphatic heterocycles. The topological polar surface area (TPSA) is 46.5 Å². The minimum atomic E-state index is 0.692. The Kier molecular flexibility index (Phi) is 8.69. The fraction of sp³-hybridized carbons (Fsp3) is 0.0189. The largest absolute Gasteiger partial charge is 0.361 e. The van der Waals surface area contributed by atoms with Crippen molar-refractivity contribution in [1.82, 2.24) is 19.5 Å². The first kappa shape index (κ1) is 34.0. The summed E-state index contributed by atoms with van der Waals surface area (Å²) in [6.45, 7) is 2.23. The molecule has 0 bridgehead atoms. The molecule has 0 radical (unpaired) electrons. The van der Waals surface area contributed by atoms with Crippen molar-refractivity contribution in [2.75, 3.05) is 0 Å². The van der Waals surface area contributed by atoms with E-state index in [0.717, 1.165) is 61.4 Å². The van der Waals surface area contributed by atoms with Gasteiger partial charge in [-0.1, -0.05) is 146 Å². The number of hydrogen-bond donors (Lipinski definition) is 1. The second-order valence-corrected chi connectivity index (χ2v) is 14.3. The third-order valence-electron chi connectivity index (χ3n) is 10.9. The second-order valence-electron chi connectivity index (χ2n) is 14.3. The van der Waals surface area contributed by atoms with E-state index in [1.807, 2.05) is 30.5 Å². The molecule has 270 valence electrons. The number of nitrogens with one attached hydrogen (secondary N) is 1. The van der Waals surface area contributed by atoms with Crippen molar-refractivity contribution in [2.45, 2.75) is 6.92 Å². The van der Waals surface area contributed by atoms with Gasteiger partial charge in [0.15, 0.2) is 5.82 Å². The van der Waals surface area contributed by atoms with Gasteiger partial charge in [-0.3, -0.25) is 0 Å². The van der Waals surface area contributed by atoms with Gasteiger partial charge >= 0.3 is 0 Å². The molecule has 10 aromatic rings. The Bertz CT molecular complexity index is 3050. The maximum atomic E-state index is 5.26. The average molecular weight is 731 g/mol. The fourth-order valence-corrected chi connectivity index (χ4v) is 8.12. The van der Waals surface area contributed by atoms with Gasteiger partial charge in [0.05, 0.1) is 22.4 Å². The number of hydrogen-bond acceptors (Lipinski definition) is 2. The highest BCUT2D eigenvalue weighted by Crippen LogP contribution is 2.40. The van der Waals surface area contributed by atoms with Gasteiger partial charge in [0, 0.05) is 50.2 Å². The van der Waals surface area contributed by atoms with Crippen LogP contribution in [0, 0.1) is 6.92 Å². The number of rotatable bonds is 6. The molecule has 0 saturated heterocycles. The Morgan fingerprint density at radius 2 is 0.982 bits per heavy atom. The molecular formula is C53H38N4. The molecule has 0 spiro atoms. The maximum absolute atomic E-state index is 5.26. The summed E-state index contributed by atoms with van der Waals surface area (Å²) >= 11 is 0. The standard InChI is InChI=1S/C53H38N4/c1-36-43(41-29-31-51-46(34-41)45-33-40(37-17-6-2-7-18-37)28-30-50(45)57(51)42-23-12-5-13-24-42)25-14-15-32-54-47-27-16-26-44(52(36)47)49-35-48(38-19-8-3-9-20-38)55-53(56-49)39-21-10-4-11-22-39/h2-35,54H,1H3. The Morgan fingerprint density at radius 1 is 0.421 bits per heavy atom. The summed E-state index contributed by atoms with van der Waals surface area (Å²) in [5, 5.41) is 3.52. The summed E-state index contributed by atoms with van der Waals surface area (Å²) in [5.74, 6) is 0.692. The van der Waals surface area contributed by atoms with E-state index in [0.29, 0.717) is 5.82 Å². The minimum absolute atomic E-state index is 0.692. The predicted octanol–water partition coefficient (Wildman–Crippen LogP) is 13.8. The highest BCUT2D eigenvalue weighted by atomic mass is 15.0. The van der Waals surface area contributed by atoms with Crippen molar-refractivity contribution in [3.63, 3.8) is 0 Å². The lowest BCUT2D eigenvalue weighted by Crippen LogP contribution is -1.97. The highest BCUT2D eigenvalue weighted by Gasteiger charge is 2.18. The summed E-state index contributed by atoms with van der Waals surface area (Å²) in [4.78, 5) is 13.9. The molecule has 3 heterocycles. The van der Waals surface area contributed by atoms with E-state index >= 15 is 0 Å². The van der Waals surface area contributed by atoms with Crippen LogP contribution in [0.5, 0.6) is 0 Å². The Hall–Kier alpha value is -7.56. The lowest BCUT2D eigenvalue weighted by Gasteiger charge is -2.13. The van der Waals surface area contributed by atoms with Crippen molar-refractivity contribution in [1.29, 1.82) is 0 Å². The van der Waals surface area contributed by atoms with E-state index in [2.05, 4.69) is 192 Å². The average Bonchev–Trinajstić information content (AvgIpc) is 3.64. The first-order valence-corrected chi connectivity index (χ1v) is 19.3. The SMILES string of the molecule is Cc1c(-c2ccc3c(c2)c2cc(-c4ccccc4)ccc2n3-c2ccccc2)cccc[nH]c2cccc(-c3cc(-c4ccccc4)nc(-c4ccccc4)n3)c12. The molecule has 7 aromatic carbocycles. The lowest BCUT2D eigenvalue weighted by molar-refractivity contribution is 1.18. The molecule has 4 nitrogen and oxygen atoms in total. The first-order valence-electron chi connectivity index (χ1n) is 19.3. The molecule has 0 amide bonds. The number of benzene rings is 7. The molecular weight excluding hydrogens is 693 g/mol. The van der Waals surface area contributed by atoms with Crippen LogP contribution in [0.1, 0.15) is 5.56 Å². The second kappa shape index (κ2) is 14.6. The predicted molar refractivity (Wildman–Crippen MR) is 238 cm³/mol. The van der Waals surface area contributed by atoms with Crippen LogP contribution in [0.2, 0.25) is 0 Å². The van der Waals surface area contributed by atoms with E-state index in [4.69, 9.17) is 9.97 Å².